The maximum absolute atomic E-state index is 12.3. The molecule has 0 bridgehead atoms. The molecule has 156 valence electrons. The predicted octanol–water partition coefficient (Wildman–Crippen LogP) is 3.69. The van der Waals surface area contributed by atoms with E-state index in [0.717, 1.165) is 0 Å². The lowest BCUT2D eigenvalue weighted by atomic mass is 10.1. The van der Waals surface area contributed by atoms with Crippen LogP contribution < -0.4 is 10.6 Å². The van der Waals surface area contributed by atoms with Gasteiger partial charge < -0.3 is 15.7 Å². The summed E-state index contributed by atoms with van der Waals surface area (Å²) in [7, 11) is 1.39. The third-order valence-electron chi connectivity index (χ3n) is 3.27. The molecule has 0 aliphatic heterocycles. The van der Waals surface area contributed by atoms with Crippen molar-refractivity contribution in [2.45, 2.75) is 19.2 Å². The Morgan fingerprint density at radius 3 is 2.33 bits per heavy atom. The van der Waals surface area contributed by atoms with Gasteiger partial charge in [-0.3, -0.25) is 9.89 Å². The lowest BCUT2D eigenvalue weighted by Crippen LogP contribution is -2.42. The summed E-state index contributed by atoms with van der Waals surface area (Å²) in [6.07, 6.45) is -5.13. The van der Waals surface area contributed by atoms with Crippen molar-refractivity contribution in [1.82, 2.24) is 15.5 Å². The van der Waals surface area contributed by atoms with E-state index < -0.39 is 18.8 Å². The SMILES string of the molecule is CCNC(=NCC(O)c1cc(Cl)cc(Cl)c1)NCCN(C)CC(F)(F)F.I. The topological polar surface area (TPSA) is 59.9 Å². The zero-order valence-corrected chi connectivity index (χ0v) is 18.8. The first-order valence-electron chi connectivity index (χ1n) is 8.02. The Labute approximate surface area is 184 Å². The fourth-order valence-electron chi connectivity index (χ4n) is 2.14. The molecule has 1 unspecified atom stereocenters. The molecule has 1 aromatic rings. The average molecular weight is 543 g/mol. The summed E-state index contributed by atoms with van der Waals surface area (Å²) in [5.74, 6) is 0.403. The summed E-state index contributed by atoms with van der Waals surface area (Å²) in [5, 5.41) is 16.9. The molecule has 27 heavy (non-hydrogen) atoms. The molecule has 0 aliphatic rings. The van der Waals surface area contributed by atoms with Crippen LogP contribution >= 0.6 is 47.2 Å². The number of aliphatic hydroxyl groups is 1. The van der Waals surface area contributed by atoms with Gasteiger partial charge in [0.1, 0.15) is 0 Å². The van der Waals surface area contributed by atoms with Crippen LogP contribution in [0.2, 0.25) is 10.0 Å². The highest BCUT2D eigenvalue weighted by atomic mass is 127. The summed E-state index contributed by atoms with van der Waals surface area (Å²) in [5.41, 5.74) is 0.534. The van der Waals surface area contributed by atoms with Gasteiger partial charge in [0.25, 0.3) is 0 Å². The highest BCUT2D eigenvalue weighted by Crippen LogP contribution is 2.23. The Balaban J connectivity index is 0.00000676. The summed E-state index contributed by atoms with van der Waals surface area (Å²) < 4.78 is 36.9. The summed E-state index contributed by atoms with van der Waals surface area (Å²) >= 11 is 11.8. The first kappa shape index (κ1) is 26.5. The minimum atomic E-state index is -4.23. The van der Waals surface area contributed by atoms with Crippen LogP contribution in [0.3, 0.4) is 0 Å². The second-order valence-electron chi connectivity index (χ2n) is 5.72. The number of halogens is 6. The smallest absolute Gasteiger partial charge is 0.386 e. The number of hydrogen-bond acceptors (Lipinski definition) is 3. The fraction of sp³-hybridized carbons (Fsp3) is 0.562. The number of aliphatic imine (C=N–C) groups is 1. The van der Waals surface area contributed by atoms with Crippen LogP contribution in [0.25, 0.3) is 0 Å². The number of rotatable bonds is 8. The van der Waals surface area contributed by atoms with E-state index in [9.17, 15) is 18.3 Å². The van der Waals surface area contributed by atoms with E-state index >= 15 is 0 Å². The van der Waals surface area contributed by atoms with E-state index in [-0.39, 0.29) is 43.6 Å². The number of nitrogens with zero attached hydrogens (tertiary/aromatic N) is 2. The van der Waals surface area contributed by atoms with E-state index in [0.29, 0.717) is 28.1 Å². The van der Waals surface area contributed by atoms with Crippen LogP contribution in [0.4, 0.5) is 13.2 Å². The third-order valence-corrected chi connectivity index (χ3v) is 3.71. The highest BCUT2D eigenvalue weighted by Gasteiger charge is 2.28. The molecule has 1 atom stereocenters. The van der Waals surface area contributed by atoms with Gasteiger partial charge in [-0.1, -0.05) is 23.2 Å². The number of alkyl halides is 3. The van der Waals surface area contributed by atoms with E-state index in [2.05, 4.69) is 15.6 Å². The molecule has 0 radical (unpaired) electrons. The van der Waals surface area contributed by atoms with Gasteiger partial charge >= 0.3 is 6.18 Å². The fourth-order valence-corrected chi connectivity index (χ4v) is 2.69. The first-order valence-corrected chi connectivity index (χ1v) is 8.78. The molecule has 0 heterocycles. The largest absolute Gasteiger partial charge is 0.401 e. The van der Waals surface area contributed by atoms with Gasteiger partial charge in [0.2, 0.25) is 0 Å². The standard InChI is InChI=1S/C16H23Cl2F3N4O.HI/c1-3-22-15(23-4-5-25(2)10-16(19,20)21)24-9-14(26)11-6-12(17)8-13(18)7-11;/h6-8,14,26H,3-5,9-10H2,1-2H3,(H2,22,23,24);1H. The molecule has 0 spiro atoms. The van der Waals surface area contributed by atoms with Crippen molar-refractivity contribution >= 4 is 53.1 Å². The van der Waals surface area contributed by atoms with Crippen molar-refractivity contribution in [3.05, 3.63) is 33.8 Å². The molecule has 0 amide bonds. The van der Waals surface area contributed by atoms with Crippen molar-refractivity contribution in [2.24, 2.45) is 4.99 Å². The van der Waals surface area contributed by atoms with E-state index in [4.69, 9.17) is 23.2 Å². The van der Waals surface area contributed by atoms with Gasteiger partial charge in [-0.05, 0) is 37.7 Å². The van der Waals surface area contributed by atoms with Crippen molar-refractivity contribution in [2.75, 3.05) is 39.8 Å². The molecular weight excluding hydrogens is 519 g/mol. The average Bonchev–Trinajstić information content (AvgIpc) is 2.49. The second kappa shape index (κ2) is 12.9. The maximum atomic E-state index is 12.3. The van der Waals surface area contributed by atoms with Crippen LogP contribution in [0, 0.1) is 0 Å². The van der Waals surface area contributed by atoms with Crippen molar-refractivity contribution in [3.63, 3.8) is 0 Å². The second-order valence-corrected chi connectivity index (χ2v) is 6.59. The minimum absolute atomic E-state index is 0. The van der Waals surface area contributed by atoms with Crippen LogP contribution in [0.5, 0.6) is 0 Å². The van der Waals surface area contributed by atoms with E-state index in [1.807, 2.05) is 6.92 Å². The lowest BCUT2D eigenvalue weighted by molar-refractivity contribution is -0.142. The number of guanidine groups is 1. The molecule has 0 fully saturated rings. The Morgan fingerprint density at radius 1 is 1.22 bits per heavy atom. The van der Waals surface area contributed by atoms with Crippen molar-refractivity contribution in [3.8, 4) is 0 Å². The van der Waals surface area contributed by atoms with Gasteiger partial charge in [0.05, 0.1) is 19.2 Å². The Hall–Kier alpha value is -0.490. The quantitative estimate of drug-likeness (QED) is 0.266. The molecule has 0 aliphatic carbocycles. The molecule has 1 aromatic carbocycles. The predicted molar refractivity (Wildman–Crippen MR) is 114 cm³/mol. The normalized spacial score (nSPS) is 13.3. The summed E-state index contributed by atoms with van der Waals surface area (Å²) in [6.45, 7) is 1.97. The van der Waals surface area contributed by atoms with E-state index in [1.165, 1.54) is 11.9 Å². The number of aliphatic hydroxyl groups excluding tert-OH is 1. The third kappa shape index (κ3) is 11.8. The highest BCUT2D eigenvalue weighted by molar-refractivity contribution is 14.0. The van der Waals surface area contributed by atoms with Gasteiger partial charge in [0.15, 0.2) is 5.96 Å². The molecule has 0 aromatic heterocycles. The molecule has 0 saturated carbocycles. The van der Waals surface area contributed by atoms with Crippen LogP contribution in [-0.4, -0.2) is 61.9 Å². The van der Waals surface area contributed by atoms with Crippen LogP contribution in [0.1, 0.15) is 18.6 Å². The monoisotopic (exact) mass is 542 g/mol. The molecule has 11 heteroatoms. The van der Waals surface area contributed by atoms with Crippen LogP contribution in [0.15, 0.2) is 23.2 Å². The summed E-state index contributed by atoms with van der Waals surface area (Å²) in [4.78, 5) is 5.40. The lowest BCUT2D eigenvalue weighted by Gasteiger charge is -2.19. The molecule has 1 rings (SSSR count). The number of likely N-dealkylation sites (N-methyl/N-ethyl adjacent to an activating group) is 1. The van der Waals surface area contributed by atoms with E-state index in [1.54, 1.807) is 18.2 Å². The molecular formula is C16H24Cl2F3IN4O. The van der Waals surface area contributed by atoms with Crippen molar-refractivity contribution < 1.29 is 18.3 Å². The zero-order valence-electron chi connectivity index (χ0n) is 15.0. The zero-order chi connectivity index (χ0) is 19.7. The molecule has 5 nitrogen and oxygen atoms in total. The number of hydrogen-bond donors (Lipinski definition) is 3. The first-order chi connectivity index (χ1) is 12.1. The Kier molecular flexibility index (Phi) is 12.6. The molecule has 3 N–H and O–H groups in total. The minimum Gasteiger partial charge on any atom is -0.386 e. The number of nitrogens with one attached hydrogen (secondary N) is 2. The van der Waals surface area contributed by atoms with Crippen molar-refractivity contribution in [1.29, 1.82) is 0 Å². The van der Waals surface area contributed by atoms with Gasteiger partial charge in [0, 0.05) is 29.7 Å². The van der Waals surface area contributed by atoms with Gasteiger partial charge in [-0.2, -0.15) is 13.2 Å². The molecule has 0 saturated heterocycles. The van der Waals surface area contributed by atoms with Crippen LogP contribution in [-0.2, 0) is 0 Å². The van der Waals surface area contributed by atoms with Gasteiger partial charge in [-0.25, -0.2) is 0 Å². The maximum Gasteiger partial charge on any atom is 0.401 e. The number of benzene rings is 1. The Morgan fingerprint density at radius 2 is 1.81 bits per heavy atom. The Bertz CT molecular complexity index is 585. The summed E-state index contributed by atoms with van der Waals surface area (Å²) in [6, 6.07) is 4.76. The van der Waals surface area contributed by atoms with Gasteiger partial charge in [-0.15, -0.1) is 24.0 Å².